The molecule has 1 amide bonds. The number of ether oxygens (including phenoxy) is 2. The van der Waals surface area contributed by atoms with Gasteiger partial charge in [0, 0.05) is 28.9 Å². The van der Waals surface area contributed by atoms with Gasteiger partial charge in [-0.15, -0.1) is 0 Å². The van der Waals surface area contributed by atoms with Crippen LogP contribution >= 0.6 is 11.6 Å². The van der Waals surface area contributed by atoms with Crippen LogP contribution in [0.25, 0.3) is 6.08 Å². The number of esters is 1. The lowest BCUT2D eigenvalue weighted by molar-refractivity contribution is -0.116. The lowest BCUT2D eigenvalue weighted by Gasteiger charge is -2.09. The quantitative estimate of drug-likeness (QED) is 0.394. The van der Waals surface area contributed by atoms with E-state index in [1.165, 1.54) is 20.3 Å². The highest BCUT2D eigenvalue weighted by Gasteiger charge is 2.14. The Morgan fingerprint density at radius 2 is 1.91 bits per heavy atom. The number of aromatic nitrogens is 2. The second-order valence-electron chi connectivity index (χ2n) is 7.41. The van der Waals surface area contributed by atoms with E-state index in [0.29, 0.717) is 22.9 Å². The van der Waals surface area contributed by atoms with Crippen LogP contribution in [0.4, 0.5) is 0 Å². The third kappa shape index (κ3) is 5.81. The van der Waals surface area contributed by atoms with Crippen molar-refractivity contribution in [3.8, 4) is 5.75 Å². The van der Waals surface area contributed by atoms with Crippen LogP contribution < -0.4 is 10.1 Å². The molecule has 172 valence electrons. The molecule has 1 aromatic heterocycles. The Morgan fingerprint density at radius 1 is 1.15 bits per heavy atom. The second-order valence-corrected chi connectivity index (χ2v) is 7.82. The summed E-state index contributed by atoms with van der Waals surface area (Å²) in [4.78, 5) is 24.3. The molecule has 0 atom stereocenters. The molecule has 0 aliphatic heterocycles. The number of nitrogens with zero attached hydrogens (tertiary/aromatic N) is 2. The Bertz CT molecular complexity index is 1200. The van der Waals surface area contributed by atoms with Crippen LogP contribution in [-0.4, -0.2) is 35.9 Å². The van der Waals surface area contributed by atoms with Gasteiger partial charge < -0.3 is 14.8 Å². The summed E-state index contributed by atoms with van der Waals surface area (Å²) in [6.07, 6.45) is 3.23. The fraction of sp³-hybridized carbons (Fsp3) is 0.240. The van der Waals surface area contributed by atoms with Gasteiger partial charge in [0.05, 0.1) is 26.5 Å². The minimum absolute atomic E-state index is 0.251. The topological polar surface area (TPSA) is 82.5 Å². The van der Waals surface area contributed by atoms with Crippen LogP contribution in [-0.2, 0) is 22.6 Å². The van der Waals surface area contributed by atoms with Crippen molar-refractivity contribution in [2.75, 3.05) is 14.2 Å². The van der Waals surface area contributed by atoms with Crippen LogP contribution in [0.1, 0.15) is 38.4 Å². The van der Waals surface area contributed by atoms with E-state index in [2.05, 4.69) is 10.4 Å². The van der Waals surface area contributed by atoms with Crippen molar-refractivity contribution in [3.05, 3.63) is 87.2 Å². The predicted octanol–water partition coefficient (Wildman–Crippen LogP) is 4.33. The molecule has 3 aromatic rings. The molecule has 7 nitrogen and oxygen atoms in total. The van der Waals surface area contributed by atoms with E-state index >= 15 is 0 Å². The third-order valence-electron chi connectivity index (χ3n) is 5.25. The van der Waals surface area contributed by atoms with Crippen LogP contribution in [0.2, 0.25) is 5.02 Å². The fourth-order valence-electron chi connectivity index (χ4n) is 3.44. The van der Waals surface area contributed by atoms with Gasteiger partial charge in [-0.1, -0.05) is 35.9 Å². The van der Waals surface area contributed by atoms with Crippen molar-refractivity contribution in [2.45, 2.75) is 26.9 Å². The van der Waals surface area contributed by atoms with Gasteiger partial charge in [0.1, 0.15) is 11.3 Å². The van der Waals surface area contributed by atoms with E-state index in [1.807, 2.05) is 42.8 Å². The summed E-state index contributed by atoms with van der Waals surface area (Å²) in [5.41, 5.74) is 4.67. The van der Waals surface area contributed by atoms with Gasteiger partial charge in [-0.25, -0.2) is 4.79 Å². The van der Waals surface area contributed by atoms with E-state index < -0.39 is 5.97 Å². The normalized spacial score (nSPS) is 10.9. The van der Waals surface area contributed by atoms with Crippen LogP contribution in [0.3, 0.4) is 0 Å². The molecular weight excluding hydrogens is 442 g/mol. The maximum atomic E-state index is 12.4. The molecule has 1 N–H and O–H groups in total. The summed E-state index contributed by atoms with van der Waals surface area (Å²) in [6.45, 7) is 4.66. The molecule has 0 aliphatic carbocycles. The highest BCUT2D eigenvalue weighted by Crippen LogP contribution is 2.22. The lowest BCUT2D eigenvalue weighted by atomic mass is 10.1. The molecule has 8 heteroatoms. The van der Waals surface area contributed by atoms with Crippen molar-refractivity contribution in [1.29, 1.82) is 0 Å². The van der Waals surface area contributed by atoms with Gasteiger partial charge >= 0.3 is 5.97 Å². The Kier molecular flexibility index (Phi) is 7.90. The molecule has 0 saturated carbocycles. The number of amides is 1. The first-order chi connectivity index (χ1) is 15.8. The van der Waals surface area contributed by atoms with E-state index in [0.717, 1.165) is 28.1 Å². The maximum Gasteiger partial charge on any atom is 0.341 e. The molecule has 0 aliphatic rings. The van der Waals surface area contributed by atoms with Gasteiger partial charge in [0.2, 0.25) is 5.91 Å². The lowest BCUT2D eigenvalue weighted by Crippen LogP contribution is -2.20. The van der Waals surface area contributed by atoms with Gasteiger partial charge in [0.25, 0.3) is 0 Å². The molecule has 33 heavy (non-hydrogen) atoms. The molecular formula is C25H26ClN3O4. The first-order valence-electron chi connectivity index (χ1n) is 10.3. The summed E-state index contributed by atoms with van der Waals surface area (Å²) >= 11 is 6.27. The highest BCUT2D eigenvalue weighted by atomic mass is 35.5. The standard InChI is InChI=1S/C25H26ClN3O4/c1-16-20(17(2)29(28-16)15-19-7-5-6-8-22(19)26)10-12-24(30)27-14-18-9-11-23(32-3)21(13-18)25(31)33-4/h5-13H,14-15H2,1-4H3,(H,27,30)/b12-10+. The monoisotopic (exact) mass is 467 g/mol. The Labute approximate surface area is 198 Å². The number of hydrogen-bond acceptors (Lipinski definition) is 5. The summed E-state index contributed by atoms with van der Waals surface area (Å²) in [6, 6.07) is 12.7. The predicted molar refractivity (Wildman–Crippen MR) is 127 cm³/mol. The zero-order valence-electron chi connectivity index (χ0n) is 19.0. The summed E-state index contributed by atoms with van der Waals surface area (Å²) in [5.74, 6) is -0.348. The number of nitrogens with one attached hydrogen (secondary N) is 1. The fourth-order valence-corrected chi connectivity index (χ4v) is 3.63. The average Bonchev–Trinajstić information content (AvgIpc) is 3.09. The molecule has 0 unspecified atom stereocenters. The maximum absolute atomic E-state index is 12.4. The summed E-state index contributed by atoms with van der Waals surface area (Å²) < 4.78 is 11.8. The molecule has 1 heterocycles. The van der Waals surface area contributed by atoms with Crippen LogP contribution in [0.5, 0.6) is 5.75 Å². The first kappa shape index (κ1) is 24.1. The number of carbonyl (C=O) groups is 2. The van der Waals surface area contributed by atoms with Crippen LogP contribution in [0.15, 0.2) is 48.5 Å². The number of carbonyl (C=O) groups excluding carboxylic acids is 2. The molecule has 0 spiro atoms. The summed E-state index contributed by atoms with van der Waals surface area (Å²) in [7, 11) is 2.79. The van der Waals surface area contributed by atoms with E-state index in [-0.39, 0.29) is 12.5 Å². The zero-order valence-corrected chi connectivity index (χ0v) is 19.8. The molecule has 0 fully saturated rings. The SMILES string of the molecule is COC(=O)c1cc(CNC(=O)/C=C/c2c(C)nn(Cc3ccccc3Cl)c2C)ccc1OC. The number of aryl methyl sites for hydroxylation is 1. The molecule has 3 rings (SSSR count). The Morgan fingerprint density at radius 3 is 2.61 bits per heavy atom. The van der Waals surface area contributed by atoms with Gasteiger partial charge in [-0.3, -0.25) is 9.48 Å². The zero-order chi connectivity index (χ0) is 24.0. The van der Waals surface area contributed by atoms with E-state index in [1.54, 1.807) is 24.3 Å². The smallest absolute Gasteiger partial charge is 0.341 e. The number of halogens is 1. The van der Waals surface area contributed by atoms with Crippen molar-refractivity contribution < 1.29 is 19.1 Å². The van der Waals surface area contributed by atoms with Crippen LogP contribution in [0, 0.1) is 13.8 Å². The molecule has 0 saturated heterocycles. The third-order valence-corrected chi connectivity index (χ3v) is 5.62. The van der Waals surface area contributed by atoms with E-state index in [4.69, 9.17) is 21.1 Å². The number of benzene rings is 2. The number of methoxy groups -OCH3 is 2. The van der Waals surface area contributed by atoms with Crippen molar-refractivity contribution >= 4 is 29.6 Å². The Hall–Kier alpha value is -3.58. The second kappa shape index (κ2) is 10.8. The molecule has 2 aromatic carbocycles. The number of hydrogen-bond donors (Lipinski definition) is 1. The molecule has 0 radical (unpaired) electrons. The largest absolute Gasteiger partial charge is 0.496 e. The van der Waals surface area contributed by atoms with E-state index in [9.17, 15) is 9.59 Å². The molecule has 0 bridgehead atoms. The minimum atomic E-state index is -0.500. The van der Waals surface area contributed by atoms with Gasteiger partial charge in [-0.05, 0) is 49.2 Å². The minimum Gasteiger partial charge on any atom is -0.496 e. The number of rotatable bonds is 8. The van der Waals surface area contributed by atoms with Gasteiger partial charge in [0.15, 0.2) is 0 Å². The Balaban J connectivity index is 1.67. The van der Waals surface area contributed by atoms with Crippen molar-refractivity contribution in [3.63, 3.8) is 0 Å². The first-order valence-corrected chi connectivity index (χ1v) is 10.7. The van der Waals surface area contributed by atoms with Crippen molar-refractivity contribution in [2.24, 2.45) is 0 Å². The van der Waals surface area contributed by atoms with Crippen molar-refractivity contribution in [1.82, 2.24) is 15.1 Å². The average molecular weight is 468 g/mol. The van der Waals surface area contributed by atoms with Gasteiger partial charge in [-0.2, -0.15) is 5.10 Å². The summed E-state index contributed by atoms with van der Waals surface area (Å²) in [5, 5.41) is 8.10. The highest BCUT2D eigenvalue weighted by molar-refractivity contribution is 6.31.